The predicted octanol–water partition coefficient (Wildman–Crippen LogP) is -0.731. The van der Waals surface area contributed by atoms with E-state index in [2.05, 4.69) is 20.9 Å². The summed E-state index contributed by atoms with van der Waals surface area (Å²) >= 11 is 0. The van der Waals surface area contributed by atoms with E-state index in [0.717, 1.165) is 5.56 Å². The molecular weight excluding hydrogens is 468 g/mol. The van der Waals surface area contributed by atoms with Crippen molar-refractivity contribution in [3.63, 3.8) is 0 Å². The third-order valence-electron chi connectivity index (χ3n) is 5.32. The number of esters is 1. The van der Waals surface area contributed by atoms with E-state index in [9.17, 15) is 19.2 Å². The molecule has 2 bridgehead atoms. The number of carbonyl (C=O) groups excluding carboxylic acids is 4. The molecule has 196 valence electrons. The van der Waals surface area contributed by atoms with Crippen LogP contribution in [-0.4, -0.2) is 68.0 Å². The van der Waals surface area contributed by atoms with Gasteiger partial charge in [-0.25, -0.2) is 4.79 Å². The molecule has 2 heterocycles. The Labute approximate surface area is 209 Å². The van der Waals surface area contributed by atoms with Gasteiger partial charge in [-0.15, -0.1) is 0 Å². The maximum absolute atomic E-state index is 13.2. The monoisotopic (exact) mass is 502 g/mol. The van der Waals surface area contributed by atoms with Gasteiger partial charge in [-0.3, -0.25) is 19.4 Å². The number of amides is 3. The summed E-state index contributed by atoms with van der Waals surface area (Å²) in [6.07, 6.45) is 4.35. The maximum atomic E-state index is 13.2. The Morgan fingerprint density at radius 3 is 2.50 bits per heavy atom. The molecular formula is C24H34N6O6. The molecule has 12 nitrogen and oxygen atoms in total. The zero-order chi connectivity index (χ0) is 26.5. The van der Waals surface area contributed by atoms with Crippen LogP contribution in [0.3, 0.4) is 0 Å². The molecule has 0 saturated heterocycles. The number of methoxy groups -OCH3 is 1. The van der Waals surface area contributed by atoms with Crippen molar-refractivity contribution in [1.29, 1.82) is 0 Å². The number of nitrogens with two attached hydrogens (primary N) is 2. The van der Waals surface area contributed by atoms with Crippen molar-refractivity contribution in [3.8, 4) is 5.75 Å². The standard InChI is InChI=1S/C24H34N6O6/c1-15(31)28-20-14-16-8-10-17(11-9-16)36-13-4-3-6-19(23(34)35-2)30-21(32)18(29-22(20)33)7-5-12-27-24(25)26/h3-4,8-11,18-20H,5-7,12-14H2,1-2H3,(H,28,31)(H,29,33)(H,30,32)(H4,25,26,27)/b4-3-/t18-,19-,20+/m0/s1. The summed E-state index contributed by atoms with van der Waals surface area (Å²) in [6.45, 7) is 1.80. The highest BCUT2D eigenvalue weighted by Crippen LogP contribution is 2.14. The van der Waals surface area contributed by atoms with Crippen molar-refractivity contribution < 1.29 is 28.7 Å². The Morgan fingerprint density at radius 1 is 1.14 bits per heavy atom. The minimum atomic E-state index is -1.01. The summed E-state index contributed by atoms with van der Waals surface area (Å²) < 4.78 is 10.5. The average molecular weight is 503 g/mol. The number of fused-ring (bicyclic) bond motifs is 13. The molecule has 0 aliphatic carbocycles. The SMILES string of the molecule is COC(=O)[C@@H]1C/C=C\COc2ccc(cc2)C[C@@H](NC(C)=O)C(=O)N[C@@H](CCCN=C(N)N)C(=O)N1. The van der Waals surface area contributed by atoms with Crippen molar-refractivity contribution in [3.05, 3.63) is 42.0 Å². The molecule has 0 fully saturated rings. The van der Waals surface area contributed by atoms with Crippen LogP contribution in [-0.2, 0) is 30.3 Å². The minimum Gasteiger partial charge on any atom is -0.490 e. The summed E-state index contributed by atoms with van der Waals surface area (Å²) in [7, 11) is 1.22. The molecule has 3 amide bonds. The highest BCUT2D eigenvalue weighted by atomic mass is 16.5. The fourth-order valence-corrected chi connectivity index (χ4v) is 3.53. The molecule has 0 aromatic heterocycles. The van der Waals surface area contributed by atoms with Crippen LogP contribution >= 0.6 is 0 Å². The Morgan fingerprint density at radius 2 is 1.86 bits per heavy atom. The van der Waals surface area contributed by atoms with Crippen molar-refractivity contribution in [2.24, 2.45) is 16.5 Å². The second-order valence-electron chi connectivity index (χ2n) is 8.21. The van der Waals surface area contributed by atoms with Gasteiger partial charge < -0.3 is 36.9 Å². The van der Waals surface area contributed by atoms with E-state index in [4.69, 9.17) is 20.9 Å². The van der Waals surface area contributed by atoms with Crippen LogP contribution in [0.2, 0.25) is 0 Å². The molecule has 0 spiro atoms. The highest BCUT2D eigenvalue weighted by molar-refractivity contribution is 5.93. The number of nitrogens with one attached hydrogen (secondary N) is 3. The molecule has 3 rings (SSSR count). The van der Waals surface area contributed by atoms with Gasteiger partial charge in [0.25, 0.3) is 0 Å². The first kappa shape index (κ1) is 28.1. The lowest BCUT2D eigenvalue weighted by atomic mass is 10.0. The predicted molar refractivity (Wildman–Crippen MR) is 133 cm³/mol. The quantitative estimate of drug-likeness (QED) is 0.111. The molecule has 2 aliphatic rings. The van der Waals surface area contributed by atoms with Gasteiger partial charge in [0.05, 0.1) is 7.11 Å². The first-order valence-corrected chi connectivity index (χ1v) is 11.6. The fraction of sp³-hybridized carbons (Fsp3) is 0.458. The molecule has 1 aromatic carbocycles. The van der Waals surface area contributed by atoms with Crippen LogP contribution in [0, 0.1) is 0 Å². The van der Waals surface area contributed by atoms with Crippen LogP contribution in [0.1, 0.15) is 31.7 Å². The van der Waals surface area contributed by atoms with Crippen LogP contribution in [0.15, 0.2) is 41.4 Å². The third-order valence-corrected chi connectivity index (χ3v) is 5.32. The number of aliphatic imine (C=N–C) groups is 1. The van der Waals surface area contributed by atoms with Gasteiger partial charge in [-0.2, -0.15) is 0 Å². The lowest BCUT2D eigenvalue weighted by Crippen LogP contribution is -2.56. The molecule has 0 unspecified atom stereocenters. The van der Waals surface area contributed by atoms with Gasteiger partial charge in [0.2, 0.25) is 17.7 Å². The summed E-state index contributed by atoms with van der Waals surface area (Å²) in [6, 6.07) is 4.20. The van der Waals surface area contributed by atoms with E-state index in [1.165, 1.54) is 14.0 Å². The number of hydrogen-bond donors (Lipinski definition) is 5. The Bertz CT molecular complexity index is 974. The zero-order valence-corrected chi connectivity index (χ0v) is 20.5. The van der Waals surface area contributed by atoms with Crippen molar-refractivity contribution >= 4 is 29.7 Å². The number of rotatable bonds is 6. The summed E-state index contributed by atoms with van der Waals surface area (Å²) in [5.41, 5.74) is 11.5. The summed E-state index contributed by atoms with van der Waals surface area (Å²) in [4.78, 5) is 54.3. The second-order valence-corrected chi connectivity index (χ2v) is 8.21. The van der Waals surface area contributed by atoms with Gasteiger partial charge in [-0.1, -0.05) is 24.3 Å². The molecule has 36 heavy (non-hydrogen) atoms. The molecule has 3 atom stereocenters. The Balaban J connectivity index is 2.34. The Kier molecular flexibility index (Phi) is 11.2. The van der Waals surface area contributed by atoms with E-state index in [1.807, 2.05) is 0 Å². The number of ether oxygens (including phenoxy) is 2. The van der Waals surface area contributed by atoms with Gasteiger partial charge in [0.15, 0.2) is 5.96 Å². The molecule has 1 aromatic rings. The van der Waals surface area contributed by atoms with E-state index in [1.54, 1.807) is 36.4 Å². The number of carbonyl (C=O) groups is 4. The topological polar surface area (TPSA) is 187 Å². The summed E-state index contributed by atoms with van der Waals surface area (Å²) in [5, 5.41) is 7.97. The van der Waals surface area contributed by atoms with Crippen LogP contribution in [0.4, 0.5) is 0 Å². The van der Waals surface area contributed by atoms with Crippen molar-refractivity contribution in [1.82, 2.24) is 16.0 Å². The number of nitrogens with zero attached hydrogens (tertiary/aromatic N) is 1. The molecule has 12 heteroatoms. The summed E-state index contributed by atoms with van der Waals surface area (Å²) in [5.74, 6) is -1.63. The van der Waals surface area contributed by atoms with Crippen LogP contribution in [0.25, 0.3) is 0 Å². The first-order chi connectivity index (χ1) is 17.2. The largest absolute Gasteiger partial charge is 0.490 e. The van der Waals surface area contributed by atoms with Gasteiger partial charge in [0, 0.05) is 19.9 Å². The second kappa shape index (κ2) is 14.3. The van der Waals surface area contributed by atoms with E-state index in [-0.39, 0.29) is 38.4 Å². The molecule has 7 N–H and O–H groups in total. The minimum absolute atomic E-state index is 0.0874. The number of benzene rings is 1. The first-order valence-electron chi connectivity index (χ1n) is 11.6. The van der Waals surface area contributed by atoms with E-state index < -0.39 is 41.8 Å². The molecule has 2 aliphatic heterocycles. The van der Waals surface area contributed by atoms with Crippen molar-refractivity contribution in [2.45, 2.75) is 50.7 Å². The van der Waals surface area contributed by atoms with Gasteiger partial charge >= 0.3 is 5.97 Å². The average Bonchev–Trinajstić information content (AvgIpc) is 2.84. The van der Waals surface area contributed by atoms with Gasteiger partial charge in [0.1, 0.15) is 30.5 Å². The maximum Gasteiger partial charge on any atom is 0.328 e. The van der Waals surface area contributed by atoms with Crippen LogP contribution < -0.4 is 32.2 Å². The molecule has 0 radical (unpaired) electrons. The van der Waals surface area contributed by atoms with Gasteiger partial charge in [-0.05, 0) is 37.0 Å². The van der Waals surface area contributed by atoms with Crippen LogP contribution in [0.5, 0.6) is 5.75 Å². The third kappa shape index (κ3) is 9.65. The van der Waals surface area contributed by atoms with E-state index >= 15 is 0 Å². The smallest absolute Gasteiger partial charge is 0.328 e. The number of hydrogen-bond acceptors (Lipinski definition) is 7. The van der Waals surface area contributed by atoms with Crippen molar-refractivity contribution in [2.75, 3.05) is 20.3 Å². The fourth-order valence-electron chi connectivity index (χ4n) is 3.53. The number of guanidine groups is 1. The lowest BCUT2D eigenvalue weighted by Gasteiger charge is -2.24. The van der Waals surface area contributed by atoms with E-state index in [0.29, 0.717) is 12.2 Å². The lowest BCUT2D eigenvalue weighted by molar-refractivity contribution is -0.145. The Hall–Kier alpha value is -4.09. The highest BCUT2D eigenvalue weighted by Gasteiger charge is 2.29. The normalized spacial score (nSPS) is 21.7. The zero-order valence-electron chi connectivity index (χ0n) is 20.5. The molecule has 0 saturated carbocycles.